The van der Waals surface area contributed by atoms with Crippen molar-refractivity contribution in [2.75, 3.05) is 31.1 Å². The lowest BCUT2D eigenvalue weighted by Crippen LogP contribution is -2.38. The molecule has 0 saturated carbocycles. The Morgan fingerprint density at radius 2 is 1.81 bits per heavy atom. The van der Waals surface area contributed by atoms with Crippen LogP contribution in [-0.2, 0) is 11.2 Å². The van der Waals surface area contributed by atoms with Gasteiger partial charge in [0.15, 0.2) is 0 Å². The average Bonchev–Trinajstić information content (AvgIpc) is 3.20. The fourth-order valence-electron chi connectivity index (χ4n) is 3.59. The Morgan fingerprint density at radius 3 is 2.44 bits per heavy atom. The van der Waals surface area contributed by atoms with E-state index in [1.807, 2.05) is 24.3 Å². The van der Waals surface area contributed by atoms with Gasteiger partial charge in [0.2, 0.25) is 11.0 Å². The van der Waals surface area contributed by atoms with E-state index in [1.54, 1.807) is 0 Å². The Labute approximate surface area is 202 Å². The fraction of sp³-hybridized carbons (Fsp3) is 0.625. The molecule has 0 aliphatic carbocycles. The monoisotopic (exact) mass is 479 g/mol. The Balaban J connectivity index is 1.82. The molecule has 0 spiro atoms. The largest absolute Gasteiger partial charge is 0.354 e. The number of amides is 1. The van der Waals surface area contributed by atoms with Gasteiger partial charge in [-0.05, 0) is 70.9 Å². The standard InChI is InChI=1S/C24H38ClN5OS/c1-6-29(7-2)15-8-9-19(5)26-23(31)14-16-30(18(3)4)24-27-22(28-32-24)17-20-10-12-21(25)13-11-20/h10-13,18-19H,6-9,14-17H2,1-5H3,(H,26,31). The molecule has 6 nitrogen and oxygen atoms in total. The highest BCUT2D eigenvalue weighted by Gasteiger charge is 2.18. The summed E-state index contributed by atoms with van der Waals surface area (Å²) in [6, 6.07) is 8.19. The van der Waals surface area contributed by atoms with E-state index in [0.29, 0.717) is 19.4 Å². The average molecular weight is 480 g/mol. The molecule has 0 aliphatic heterocycles. The third-order valence-corrected chi connectivity index (χ3v) is 6.64. The topological polar surface area (TPSA) is 61.4 Å². The molecule has 1 amide bonds. The summed E-state index contributed by atoms with van der Waals surface area (Å²) in [4.78, 5) is 21.8. The van der Waals surface area contributed by atoms with Gasteiger partial charge in [0.25, 0.3) is 0 Å². The van der Waals surface area contributed by atoms with Crippen LogP contribution in [-0.4, -0.2) is 58.4 Å². The predicted octanol–water partition coefficient (Wildman–Crippen LogP) is 5.01. The number of nitrogens with one attached hydrogen (secondary N) is 1. The molecule has 1 unspecified atom stereocenters. The number of hydrogen-bond donors (Lipinski definition) is 1. The zero-order valence-electron chi connectivity index (χ0n) is 20.1. The molecule has 2 rings (SSSR count). The van der Waals surface area contributed by atoms with Crippen molar-refractivity contribution in [3.05, 3.63) is 40.7 Å². The second-order valence-electron chi connectivity index (χ2n) is 8.47. The second-order valence-corrected chi connectivity index (χ2v) is 9.64. The first-order valence-electron chi connectivity index (χ1n) is 11.7. The maximum Gasteiger partial charge on any atom is 0.221 e. The van der Waals surface area contributed by atoms with E-state index in [2.05, 4.69) is 54.1 Å². The summed E-state index contributed by atoms with van der Waals surface area (Å²) in [6.45, 7) is 14.6. The fourth-order valence-corrected chi connectivity index (χ4v) is 4.57. The molecule has 1 aromatic carbocycles. The normalized spacial score (nSPS) is 12.4. The first kappa shape index (κ1) is 26.6. The SMILES string of the molecule is CCN(CC)CCCC(C)NC(=O)CCN(c1nc(Cc2ccc(Cl)cc2)ns1)C(C)C. The van der Waals surface area contributed by atoms with Crippen LogP contribution in [0, 0.1) is 0 Å². The van der Waals surface area contributed by atoms with Gasteiger partial charge in [0.05, 0.1) is 0 Å². The van der Waals surface area contributed by atoms with Crippen molar-refractivity contribution in [3.8, 4) is 0 Å². The van der Waals surface area contributed by atoms with Gasteiger partial charge in [0.1, 0.15) is 5.82 Å². The summed E-state index contributed by atoms with van der Waals surface area (Å²) in [7, 11) is 0. The van der Waals surface area contributed by atoms with Gasteiger partial charge >= 0.3 is 0 Å². The molecule has 2 aromatic rings. The summed E-state index contributed by atoms with van der Waals surface area (Å²) in [5.74, 6) is 0.890. The predicted molar refractivity (Wildman–Crippen MR) is 136 cm³/mol. The van der Waals surface area contributed by atoms with E-state index < -0.39 is 0 Å². The number of benzene rings is 1. The number of hydrogen-bond acceptors (Lipinski definition) is 6. The summed E-state index contributed by atoms with van der Waals surface area (Å²) in [5.41, 5.74) is 1.13. The number of nitrogens with zero attached hydrogens (tertiary/aromatic N) is 4. The Bertz CT molecular complexity index is 807. The van der Waals surface area contributed by atoms with Crippen molar-refractivity contribution in [2.24, 2.45) is 0 Å². The smallest absolute Gasteiger partial charge is 0.221 e. The molecule has 0 saturated heterocycles. The summed E-state index contributed by atoms with van der Waals surface area (Å²) < 4.78 is 4.53. The molecule has 0 radical (unpaired) electrons. The zero-order valence-corrected chi connectivity index (χ0v) is 21.7. The quantitative estimate of drug-likeness (QED) is 0.412. The number of carbonyl (C=O) groups excluding carboxylic acids is 1. The Kier molecular flexibility index (Phi) is 11.4. The molecule has 1 aromatic heterocycles. The molecule has 0 fully saturated rings. The van der Waals surface area contributed by atoms with Crippen LogP contribution in [0.2, 0.25) is 5.02 Å². The molecule has 0 bridgehead atoms. The summed E-state index contributed by atoms with van der Waals surface area (Å²) >= 11 is 7.36. The Morgan fingerprint density at radius 1 is 1.12 bits per heavy atom. The zero-order chi connectivity index (χ0) is 23.5. The van der Waals surface area contributed by atoms with Crippen LogP contribution in [0.4, 0.5) is 5.13 Å². The van der Waals surface area contributed by atoms with E-state index >= 15 is 0 Å². The minimum atomic E-state index is 0.0943. The van der Waals surface area contributed by atoms with Crippen molar-refractivity contribution in [1.82, 2.24) is 19.6 Å². The molecular weight excluding hydrogens is 442 g/mol. The third-order valence-electron chi connectivity index (χ3n) is 5.59. The number of carbonyl (C=O) groups is 1. The van der Waals surface area contributed by atoms with Gasteiger partial charge in [-0.15, -0.1) is 0 Å². The van der Waals surface area contributed by atoms with E-state index in [0.717, 1.165) is 54.0 Å². The number of aromatic nitrogens is 2. The van der Waals surface area contributed by atoms with Crippen molar-refractivity contribution in [2.45, 2.75) is 72.4 Å². The maximum absolute atomic E-state index is 12.5. The molecule has 0 aliphatic rings. The lowest BCUT2D eigenvalue weighted by molar-refractivity contribution is -0.121. The minimum absolute atomic E-state index is 0.0943. The first-order chi connectivity index (χ1) is 15.3. The molecular formula is C24H38ClN5OS. The highest BCUT2D eigenvalue weighted by molar-refractivity contribution is 7.09. The van der Waals surface area contributed by atoms with E-state index in [-0.39, 0.29) is 18.0 Å². The van der Waals surface area contributed by atoms with Gasteiger partial charge < -0.3 is 15.1 Å². The third kappa shape index (κ3) is 9.04. The second kappa shape index (κ2) is 13.8. The van der Waals surface area contributed by atoms with E-state index in [4.69, 9.17) is 16.6 Å². The van der Waals surface area contributed by atoms with Crippen molar-refractivity contribution < 1.29 is 4.79 Å². The van der Waals surface area contributed by atoms with Crippen LogP contribution in [0.5, 0.6) is 0 Å². The molecule has 32 heavy (non-hydrogen) atoms. The van der Waals surface area contributed by atoms with Crippen molar-refractivity contribution in [1.29, 1.82) is 0 Å². The highest BCUT2D eigenvalue weighted by Crippen LogP contribution is 2.22. The highest BCUT2D eigenvalue weighted by atomic mass is 35.5. The van der Waals surface area contributed by atoms with Gasteiger partial charge in [-0.25, -0.2) is 4.98 Å². The summed E-state index contributed by atoms with van der Waals surface area (Å²) in [5, 5.41) is 4.74. The molecule has 1 atom stereocenters. The Hall–Kier alpha value is -1.70. The van der Waals surface area contributed by atoms with Crippen LogP contribution in [0.1, 0.15) is 65.3 Å². The van der Waals surface area contributed by atoms with Gasteiger partial charge in [-0.1, -0.05) is 37.6 Å². The van der Waals surface area contributed by atoms with Crippen LogP contribution in [0.15, 0.2) is 24.3 Å². The first-order valence-corrected chi connectivity index (χ1v) is 12.8. The molecule has 178 valence electrons. The van der Waals surface area contributed by atoms with Crippen molar-refractivity contribution in [3.63, 3.8) is 0 Å². The van der Waals surface area contributed by atoms with Crippen LogP contribution >= 0.6 is 23.1 Å². The summed E-state index contributed by atoms with van der Waals surface area (Å²) in [6.07, 6.45) is 3.22. The minimum Gasteiger partial charge on any atom is -0.354 e. The van der Waals surface area contributed by atoms with E-state index in [9.17, 15) is 4.79 Å². The van der Waals surface area contributed by atoms with Crippen LogP contribution in [0.25, 0.3) is 0 Å². The lowest BCUT2D eigenvalue weighted by atomic mass is 10.1. The number of rotatable bonds is 14. The van der Waals surface area contributed by atoms with Crippen LogP contribution < -0.4 is 10.2 Å². The number of anilines is 1. The van der Waals surface area contributed by atoms with Crippen LogP contribution in [0.3, 0.4) is 0 Å². The van der Waals surface area contributed by atoms with E-state index in [1.165, 1.54) is 11.5 Å². The molecule has 1 heterocycles. The van der Waals surface area contributed by atoms with Gasteiger partial charge in [0, 0.05) is 48.0 Å². The number of halogens is 1. The maximum atomic E-state index is 12.5. The van der Waals surface area contributed by atoms with Gasteiger partial charge in [-0.2, -0.15) is 4.37 Å². The lowest BCUT2D eigenvalue weighted by Gasteiger charge is -2.25. The van der Waals surface area contributed by atoms with Crippen molar-refractivity contribution >= 4 is 34.2 Å². The molecule has 8 heteroatoms. The molecule has 1 N–H and O–H groups in total. The van der Waals surface area contributed by atoms with Gasteiger partial charge in [-0.3, -0.25) is 4.79 Å².